The van der Waals surface area contributed by atoms with Gasteiger partial charge in [0.2, 0.25) is 0 Å². The molecule has 1 aromatic heterocycles. The zero-order valence-corrected chi connectivity index (χ0v) is 11.9. The van der Waals surface area contributed by atoms with Gasteiger partial charge in [-0.2, -0.15) is 0 Å². The first-order valence-electron chi connectivity index (χ1n) is 7.05. The molecule has 0 radical (unpaired) electrons. The molecule has 21 heavy (non-hydrogen) atoms. The van der Waals surface area contributed by atoms with Crippen molar-refractivity contribution in [3.8, 4) is 5.75 Å². The van der Waals surface area contributed by atoms with E-state index in [9.17, 15) is 4.79 Å². The maximum Gasteiger partial charge on any atom is 0.322 e. The lowest BCUT2D eigenvalue weighted by Crippen LogP contribution is -2.31. The van der Waals surface area contributed by atoms with Crippen molar-refractivity contribution in [3.63, 3.8) is 0 Å². The van der Waals surface area contributed by atoms with Crippen LogP contribution >= 0.6 is 0 Å². The molecule has 2 atom stereocenters. The molecule has 2 heterocycles. The van der Waals surface area contributed by atoms with Gasteiger partial charge < -0.3 is 14.8 Å². The van der Waals surface area contributed by atoms with Crippen LogP contribution in [-0.4, -0.2) is 37.3 Å². The van der Waals surface area contributed by atoms with Gasteiger partial charge in [0.15, 0.2) is 0 Å². The van der Waals surface area contributed by atoms with E-state index in [1.54, 1.807) is 6.20 Å². The van der Waals surface area contributed by atoms with Gasteiger partial charge in [-0.25, -0.2) is 0 Å². The van der Waals surface area contributed by atoms with Crippen molar-refractivity contribution in [1.29, 1.82) is 0 Å². The summed E-state index contributed by atoms with van der Waals surface area (Å²) < 4.78 is 10.7. The molecule has 1 saturated heterocycles. The van der Waals surface area contributed by atoms with Crippen LogP contribution in [0.2, 0.25) is 0 Å². The third-order valence-corrected chi connectivity index (χ3v) is 3.79. The molecule has 0 aliphatic carbocycles. The molecule has 0 spiro atoms. The number of carbonyl (C=O) groups is 1. The first-order chi connectivity index (χ1) is 10.3. The fraction of sp³-hybridized carbons (Fsp3) is 0.375. The Hall–Kier alpha value is -2.14. The number of ether oxygens (including phenoxy) is 2. The van der Waals surface area contributed by atoms with Crippen LogP contribution in [-0.2, 0) is 9.53 Å². The third-order valence-electron chi connectivity index (χ3n) is 3.79. The quantitative estimate of drug-likeness (QED) is 0.868. The number of benzene rings is 1. The molecule has 110 valence electrons. The highest BCUT2D eigenvalue weighted by Crippen LogP contribution is 2.25. The second-order valence-corrected chi connectivity index (χ2v) is 5.22. The Labute approximate surface area is 123 Å². The fourth-order valence-corrected chi connectivity index (χ4v) is 2.66. The highest BCUT2D eigenvalue weighted by Gasteiger charge is 2.30. The van der Waals surface area contributed by atoms with Gasteiger partial charge in [0.25, 0.3) is 0 Å². The molecule has 1 N–H and O–H groups in total. The normalized spacial score (nSPS) is 21.4. The number of nitrogens with one attached hydrogen (secondary N) is 1. The Balaban J connectivity index is 1.64. The maximum absolute atomic E-state index is 11.5. The van der Waals surface area contributed by atoms with E-state index >= 15 is 0 Å². The van der Waals surface area contributed by atoms with E-state index < -0.39 is 0 Å². The van der Waals surface area contributed by atoms with E-state index in [0.29, 0.717) is 12.5 Å². The largest absolute Gasteiger partial charge is 0.492 e. The van der Waals surface area contributed by atoms with Crippen LogP contribution in [0, 0.1) is 5.92 Å². The number of hydrogen-bond donors (Lipinski definition) is 1. The van der Waals surface area contributed by atoms with Gasteiger partial charge in [0, 0.05) is 24.0 Å². The molecule has 1 fully saturated rings. The summed E-state index contributed by atoms with van der Waals surface area (Å²) in [4.78, 5) is 15.8. The van der Waals surface area contributed by atoms with Crippen molar-refractivity contribution in [3.05, 3.63) is 36.5 Å². The topological polar surface area (TPSA) is 60.5 Å². The fourth-order valence-electron chi connectivity index (χ4n) is 2.66. The number of rotatable bonds is 4. The molecule has 1 aliphatic heterocycles. The lowest BCUT2D eigenvalue weighted by Gasteiger charge is -2.12. The number of fused-ring (bicyclic) bond motifs is 1. The summed E-state index contributed by atoms with van der Waals surface area (Å²) in [7, 11) is 1.41. The van der Waals surface area contributed by atoms with Crippen LogP contribution in [0.5, 0.6) is 5.75 Å². The van der Waals surface area contributed by atoms with E-state index in [0.717, 1.165) is 29.6 Å². The van der Waals surface area contributed by atoms with Crippen LogP contribution in [0.4, 0.5) is 0 Å². The number of aromatic nitrogens is 1. The Morgan fingerprint density at radius 3 is 3.10 bits per heavy atom. The minimum Gasteiger partial charge on any atom is -0.492 e. The minimum absolute atomic E-state index is 0.202. The predicted molar refractivity (Wildman–Crippen MR) is 79.2 cm³/mol. The van der Waals surface area contributed by atoms with Gasteiger partial charge in [0.05, 0.1) is 19.2 Å². The van der Waals surface area contributed by atoms with E-state index in [4.69, 9.17) is 9.47 Å². The second kappa shape index (κ2) is 6.10. The van der Waals surface area contributed by atoms with E-state index in [-0.39, 0.29) is 12.0 Å². The number of para-hydroxylation sites is 1. The highest BCUT2D eigenvalue weighted by molar-refractivity contribution is 5.84. The van der Waals surface area contributed by atoms with Gasteiger partial charge in [-0.3, -0.25) is 9.78 Å². The summed E-state index contributed by atoms with van der Waals surface area (Å²) >= 11 is 0. The lowest BCUT2D eigenvalue weighted by atomic mass is 10.1. The predicted octanol–water partition coefficient (Wildman–Crippen LogP) is 1.76. The molecule has 3 rings (SSSR count). The number of methoxy groups -OCH3 is 1. The summed E-state index contributed by atoms with van der Waals surface area (Å²) in [5.41, 5.74) is 0.923. The molecule has 0 unspecified atom stereocenters. The van der Waals surface area contributed by atoms with Gasteiger partial charge in [-0.05, 0) is 24.6 Å². The third kappa shape index (κ3) is 2.97. The minimum atomic E-state index is -0.210. The van der Waals surface area contributed by atoms with Crippen molar-refractivity contribution >= 4 is 16.9 Å². The molecule has 5 nitrogen and oxygen atoms in total. The SMILES string of the molecule is COC(=O)[C@@H]1C[C@@H](COc2ccnc3ccccc23)CN1. The second-order valence-electron chi connectivity index (χ2n) is 5.22. The average molecular weight is 286 g/mol. The zero-order chi connectivity index (χ0) is 14.7. The summed E-state index contributed by atoms with van der Waals surface area (Å²) in [6.07, 6.45) is 2.50. The van der Waals surface area contributed by atoms with Crippen LogP contribution in [0.3, 0.4) is 0 Å². The summed E-state index contributed by atoms with van der Waals surface area (Å²) in [6.45, 7) is 1.34. The van der Waals surface area contributed by atoms with Crippen LogP contribution in [0.25, 0.3) is 10.9 Å². The van der Waals surface area contributed by atoms with Crippen molar-refractivity contribution in [2.24, 2.45) is 5.92 Å². The summed E-state index contributed by atoms with van der Waals surface area (Å²) in [5.74, 6) is 0.940. The van der Waals surface area contributed by atoms with E-state index in [1.165, 1.54) is 7.11 Å². The van der Waals surface area contributed by atoms with Crippen molar-refractivity contribution in [2.45, 2.75) is 12.5 Å². The molecule has 5 heteroatoms. The average Bonchev–Trinajstić information content (AvgIpc) is 3.01. The molecule has 0 bridgehead atoms. The highest BCUT2D eigenvalue weighted by atomic mass is 16.5. The zero-order valence-electron chi connectivity index (χ0n) is 11.9. The Bertz CT molecular complexity index is 639. The van der Waals surface area contributed by atoms with Crippen molar-refractivity contribution in [2.75, 3.05) is 20.3 Å². The molecular formula is C16H18N2O3. The number of esters is 1. The van der Waals surface area contributed by atoms with Crippen LogP contribution in [0.1, 0.15) is 6.42 Å². The molecule has 1 aromatic carbocycles. The first-order valence-corrected chi connectivity index (χ1v) is 7.05. The molecule has 0 saturated carbocycles. The monoisotopic (exact) mass is 286 g/mol. The van der Waals surface area contributed by atoms with Crippen molar-refractivity contribution < 1.29 is 14.3 Å². The number of hydrogen-bond acceptors (Lipinski definition) is 5. The number of pyridine rings is 1. The Kier molecular flexibility index (Phi) is 4.01. The number of carbonyl (C=O) groups excluding carboxylic acids is 1. The molecule has 1 aliphatic rings. The summed E-state index contributed by atoms with van der Waals surface area (Å²) in [6, 6.07) is 9.57. The van der Waals surface area contributed by atoms with Gasteiger partial charge in [-0.1, -0.05) is 12.1 Å². The van der Waals surface area contributed by atoms with Crippen LogP contribution < -0.4 is 10.1 Å². The maximum atomic E-state index is 11.5. The van der Waals surface area contributed by atoms with Crippen molar-refractivity contribution in [1.82, 2.24) is 10.3 Å². The lowest BCUT2D eigenvalue weighted by molar-refractivity contribution is -0.142. The molecular weight excluding hydrogens is 268 g/mol. The van der Waals surface area contributed by atoms with Crippen LogP contribution in [0.15, 0.2) is 36.5 Å². The van der Waals surface area contributed by atoms with Gasteiger partial charge in [0.1, 0.15) is 11.8 Å². The van der Waals surface area contributed by atoms with Gasteiger partial charge in [-0.15, -0.1) is 0 Å². The summed E-state index contributed by atoms with van der Waals surface area (Å²) in [5, 5.41) is 4.17. The van der Waals surface area contributed by atoms with Gasteiger partial charge >= 0.3 is 5.97 Å². The van der Waals surface area contributed by atoms with E-state index in [2.05, 4.69) is 10.3 Å². The Morgan fingerprint density at radius 2 is 2.24 bits per heavy atom. The Morgan fingerprint density at radius 1 is 1.38 bits per heavy atom. The smallest absolute Gasteiger partial charge is 0.322 e. The first kappa shape index (κ1) is 13.8. The van der Waals surface area contributed by atoms with E-state index in [1.807, 2.05) is 30.3 Å². The molecule has 0 amide bonds. The molecule has 2 aromatic rings. The standard InChI is InChI=1S/C16H18N2O3/c1-20-16(19)14-8-11(9-18-14)10-21-15-6-7-17-13-5-3-2-4-12(13)15/h2-7,11,14,18H,8-10H2,1H3/t11-,14+/m1/s1. The number of nitrogens with zero attached hydrogens (tertiary/aromatic N) is 1.